The molecule has 1 amide bonds. The molecule has 4 heterocycles. The van der Waals surface area contributed by atoms with Gasteiger partial charge in [0.2, 0.25) is 0 Å². The van der Waals surface area contributed by atoms with E-state index in [0.717, 1.165) is 31.2 Å². The number of carbonyl (C=O) groups excluding carboxylic acids is 1. The van der Waals surface area contributed by atoms with Crippen LogP contribution in [0.25, 0.3) is 11.0 Å². The highest BCUT2D eigenvalue weighted by molar-refractivity contribution is 6.06. The third-order valence-corrected chi connectivity index (χ3v) is 6.03. The molecule has 1 N–H and O–H groups in total. The lowest BCUT2D eigenvalue weighted by atomic mass is 10.1. The van der Waals surface area contributed by atoms with E-state index in [9.17, 15) is 22.4 Å². The number of benzene rings is 1. The van der Waals surface area contributed by atoms with E-state index in [1.54, 1.807) is 25.3 Å². The fourth-order valence-electron chi connectivity index (χ4n) is 4.08. The lowest BCUT2D eigenvalue weighted by Crippen LogP contribution is -2.52. The summed E-state index contributed by atoms with van der Waals surface area (Å²) < 4.78 is 60.2. The smallest absolute Gasteiger partial charge is 0.378 e. The summed E-state index contributed by atoms with van der Waals surface area (Å²) in [7, 11) is 1.65. The Morgan fingerprint density at radius 3 is 2.58 bits per heavy atom. The molecule has 1 saturated heterocycles. The number of rotatable bonds is 6. The zero-order chi connectivity index (χ0) is 25.4. The van der Waals surface area contributed by atoms with E-state index in [1.807, 2.05) is 4.90 Å². The molecule has 0 bridgehead atoms. The van der Waals surface area contributed by atoms with E-state index in [-0.39, 0.29) is 29.4 Å². The summed E-state index contributed by atoms with van der Waals surface area (Å²) >= 11 is 0. The highest BCUT2D eigenvalue weighted by Crippen LogP contribution is 2.32. The van der Waals surface area contributed by atoms with Gasteiger partial charge in [-0.05, 0) is 42.0 Å². The monoisotopic (exact) mass is 499 g/mol. The number of fused-ring (bicyclic) bond motifs is 1. The first-order valence-corrected chi connectivity index (χ1v) is 11.1. The fraction of sp³-hybridized carbons (Fsp3) is 0.240. The number of halogens is 4. The number of anilines is 2. The van der Waals surface area contributed by atoms with Crippen molar-refractivity contribution in [2.45, 2.75) is 18.8 Å². The Labute approximate surface area is 203 Å². The predicted molar refractivity (Wildman–Crippen MR) is 125 cm³/mol. The molecule has 5 rings (SSSR count). The molecule has 1 aliphatic heterocycles. The first-order valence-electron chi connectivity index (χ1n) is 11.1. The van der Waals surface area contributed by atoms with Crippen molar-refractivity contribution < 1.29 is 27.1 Å². The molecule has 36 heavy (non-hydrogen) atoms. The minimum Gasteiger partial charge on any atom is -0.378 e. The second-order valence-electron chi connectivity index (χ2n) is 8.50. The Hall–Kier alpha value is -3.99. The molecule has 0 spiro atoms. The van der Waals surface area contributed by atoms with Crippen LogP contribution < -0.4 is 10.2 Å². The van der Waals surface area contributed by atoms with E-state index in [1.165, 1.54) is 35.0 Å². The lowest BCUT2D eigenvalue weighted by molar-refractivity contribution is -0.137. The minimum atomic E-state index is -4.58. The summed E-state index contributed by atoms with van der Waals surface area (Å²) in [6, 6.07) is 11.5. The maximum absolute atomic E-state index is 13.8. The van der Waals surface area contributed by atoms with Gasteiger partial charge in [-0.3, -0.25) is 4.79 Å². The van der Waals surface area contributed by atoms with E-state index >= 15 is 0 Å². The second-order valence-corrected chi connectivity index (χ2v) is 8.50. The molecule has 0 saturated carbocycles. The average molecular weight is 499 g/mol. The van der Waals surface area contributed by atoms with Crippen LogP contribution in [0.5, 0.6) is 0 Å². The molecule has 4 aromatic rings. The first-order chi connectivity index (χ1) is 17.2. The number of hydrogen-bond acceptors (Lipinski definition) is 5. The van der Waals surface area contributed by atoms with Crippen molar-refractivity contribution in [3.63, 3.8) is 0 Å². The van der Waals surface area contributed by atoms with Gasteiger partial charge in [0, 0.05) is 38.3 Å². The van der Waals surface area contributed by atoms with Crippen molar-refractivity contribution in [1.82, 2.24) is 14.5 Å². The van der Waals surface area contributed by atoms with Gasteiger partial charge in [0.15, 0.2) is 0 Å². The van der Waals surface area contributed by atoms with Gasteiger partial charge < -0.3 is 19.5 Å². The number of carbonyl (C=O) groups is 1. The summed E-state index contributed by atoms with van der Waals surface area (Å²) in [6.07, 6.45) is -2.19. The third kappa shape index (κ3) is 4.74. The fourth-order valence-corrected chi connectivity index (χ4v) is 4.08. The van der Waals surface area contributed by atoms with Crippen LogP contribution in [0.2, 0.25) is 0 Å². The van der Waals surface area contributed by atoms with Crippen LogP contribution in [-0.2, 0) is 17.5 Å². The van der Waals surface area contributed by atoms with Crippen molar-refractivity contribution in [3.8, 4) is 0 Å². The number of ether oxygens (including phenoxy) is 1. The molecule has 0 radical (unpaired) electrons. The number of alkyl halides is 3. The number of methoxy groups -OCH3 is 1. The molecule has 0 atom stereocenters. The van der Waals surface area contributed by atoms with Crippen LogP contribution in [0, 0.1) is 5.82 Å². The molecule has 1 fully saturated rings. The van der Waals surface area contributed by atoms with Gasteiger partial charge in [0.25, 0.3) is 5.91 Å². The summed E-state index contributed by atoms with van der Waals surface area (Å²) in [6.45, 7) is 1.49. The van der Waals surface area contributed by atoms with Crippen LogP contribution in [0.4, 0.5) is 29.1 Å². The average Bonchev–Trinajstić information content (AvgIpc) is 3.17. The van der Waals surface area contributed by atoms with Crippen LogP contribution in [0.1, 0.15) is 21.6 Å². The first kappa shape index (κ1) is 23.7. The maximum Gasteiger partial charge on any atom is 0.417 e. The number of hydrogen-bond donors (Lipinski definition) is 1. The largest absolute Gasteiger partial charge is 0.417 e. The number of pyridine rings is 2. The lowest BCUT2D eigenvalue weighted by Gasteiger charge is -2.38. The highest BCUT2D eigenvalue weighted by Gasteiger charge is 2.32. The van der Waals surface area contributed by atoms with Gasteiger partial charge in [0.1, 0.15) is 23.0 Å². The summed E-state index contributed by atoms with van der Waals surface area (Å²) in [5.41, 5.74) is 0.274. The Kier molecular flexibility index (Phi) is 6.09. The van der Waals surface area contributed by atoms with E-state index in [0.29, 0.717) is 11.3 Å². The van der Waals surface area contributed by atoms with Gasteiger partial charge in [-0.2, -0.15) is 13.2 Å². The van der Waals surface area contributed by atoms with Crippen LogP contribution in [-0.4, -0.2) is 46.7 Å². The molecule has 0 aliphatic carbocycles. The molecule has 0 unspecified atom stereocenters. The zero-order valence-corrected chi connectivity index (χ0v) is 19.1. The molecular formula is C25H21F4N5O2. The van der Waals surface area contributed by atoms with E-state index < -0.39 is 23.5 Å². The molecule has 3 aromatic heterocycles. The number of aromatic nitrogens is 3. The van der Waals surface area contributed by atoms with E-state index in [4.69, 9.17) is 4.74 Å². The van der Waals surface area contributed by atoms with Crippen molar-refractivity contribution in [1.29, 1.82) is 0 Å². The Morgan fingerprint density at radius 2 is 1.92 bits per heavy atom. The van der Waals surface area contributed by atoms with Gasteiger partial charge in [0.05, 0.1) is 23.6 Å². The molecule has 11 heteroatoms. The summed E-state index contributed by atoms with van der Waals surface area (Å²) in [4.78, 5) is 23.6. The van der Waals surface area contributed by atoms with Gasteiger partial charge in [-0.15, -0.1) is 0 Å². The topological polar surface area (TPSA) is 72.3 Å². The third-order valence-electron chi connectivity index (χ3n) is 6.03. The normalized spacial score (nSPS) is 14.2. The van der Waals surface area contributed by atoms with Crippen LogP contribution >= 0.6 is 0 Å². The molecule has 1 aromatic carbocycles. The van der Waals surface area contributed by atoms with Crippen molar-refractivity contribution in [2.75, 3.05) is 30.4 Å². The number of amides is 1. The quantitative estimate of drug-likeness (QED) is 0.389. The van der Waals surface area contributed by atoms with Crippen LogP contribution in [0.15, 0.2) is 60.9 Å². The van der Waals surface area contributed by atoms with Crippen molar-refractivity contribution in [3.05, 3.63) is 83.6 Å². The maximum atomic E-state index is 13.8. The Bertz CT molecular complexity index is 1410. The van der Waals surface area contributed by atoms with E-state index in [2.05, 4.69) is 15.3 Å². The Balaban J connectivity index is 1.44. The summed E-state index contributed by atoms with van der Waals surface area (Å²) in [5.74, 6) is -0.284. The van der Waals surface area contributed by atoms with Crippen molar-refractivity contribution >= 4 is 28.4 Å². The SMILES string of the molecule is COC1CN(c2ccc(NC(=O)c3cc4cc(C(F)(F)F)cnc4n3Cc3cccc(F)c3)cn2)C1. The minimum absolute atomic E-state index is 0.0369. The van der Waals surface area contributed by atoms with Gasteiger partial charge in [-0.1, -0.05) is 12.1 Å². The molecule has 186 valence electrons. The summed E-state index contributed by atoms with van der Waals surface area (Å²) in [5, 5.41) is 2.88. The Morgan fingerprint density at radius 1 is 1.11 bits per heavy atom. The zero-order valence-electron chi connectivity index (χ0n) is 19.1. The molecule has 1 aliphatic rings. The predicted octanol–water partition coefficient (Wildman–Crippen LogP) is 4.72. The van der Waals surface area contributed by atoms with Gasteiger partial charge in [-0.25, -0.2) is 14.4 Å². The van der Waals surface area contributed by atoms with Crippen molar-refractivity contribution in [2.24, 2.45) is 0 Å². The van der Waals surface area contributed by atoms with Crippen LogP contribution in [0.3, 0.4) is 0 Å². The molecular weight excluding hydrogens is 478 g/mol. The van der Waals surface area contributed by atoms with Gasteiger partial charge >= 0.3 is 6.18 Å². The highest BCUT2D eigenvalue weighted by atomic mass is 19.4. The molecule has 7 nitrogen and oxygen atoms in total. The number of nitrogens with zero attached hydrogens (tertiary/aromatic N) is 4. The standard InChI is InChI=1S/C25H21F4N5O2/c1-36-20-13-33(14-20)22-6-5-19(11-30-22)32-24(35)21-9-16-8-17(25(27,28)29)10-31-23(16)34(21)12-15-3-2-4-18(26)7-15/h2-11,20H,12-14H2,1H3,(H,32,35). The second kappa shape index (κ2) is 9.23. The number of nitrogens with one attached hydrogen (secondary N) is 1.